The van der Waals surface area contributed by atoms with Crippen molar-refractivity contribution in [3.63, 3.8) is 0 Å². The summed E-state index contributed by atoms with van der Waals surface area (Å²) in [4.78, 5) is 0. The molecule has 0 heteroatoms. The van der Waals surface area contributed by atoms with Gasteiger partial charge in [-0.25, -0.2) is 0 Å². The highest BCUT2D eigenvalue weighted by molar-refractivity contribution is 5.91. The molecule has 0 nitrogen and oxygen atoms in total. The van der Waals surface area contributed by atoms with Crippen LogP contribution in [-0.4, -0.2) is 0 Å². The van der Waals surface area contributed by atoms with Crippen molar-refractivity contribution in [2.24, 2.45) is 0 Å². The van der Waals surface area contributed by atoms with E-state index in [1.807, 2.05) is 0 Å². The molecule has 0 saturated carbocycles. The molecule has 0 unspecified atom stereocenters. The first-order valence-electron chi connectivity index (χ1n) is 14.4. The fourth-order valence-electron chi connectivity index (χ4n) is 6.71. The van der Waals surface area contributed by atoms with Crippen LogP contribution in [0.2, 0.25) is 0 Å². The van der Waals surface area contributed by atoms with Gasteiger partial charge in [0.1, 0.15) is 0 Å². The lowest BCUT2D eigenvalue weighted by atomic mass is 9.80. The van der Waals surface area contributed by atoms with Crippen LogP contribution in [-0.2, 0) is 5.41 Å². The highest BCUT2D eigenvalue weighted by atomic mass is 14.4. The van der Waals surface area contributed by atoms with Gasteiger partial charge in [-0.05, 0) is 108 Å². The van der Waals surface area contributed by atoms with Crippen LogP contribution in [0.4, 0.5) is 0 Å². The van der Waals surface area contributed by atoms with Crippen molar-refractivity contribution in [1.82, 2.24) is 0 Å². The molecule has 0 heterocycles. The zero-order valence-corrected chi connectivity index (χ0v) is 23.4. The standard InChI is InChI=1S/C41H30/c1-41(2)39-25-35(32-13-7-12-31(24-32)33-16-14-27-8-3-5-10-29(27)22-33)18-20-37(39)38-21-19-36(26-40(38)41)34-17-15-28-9-4-6-11-30(28)23-34/h3-26H,1-2H3. The fourth-order valence-corrected chi connectivity index (χ4v) is 6.71. The van der Waals surface area contributed by atoms with Crippen molar-refractivity contribution in [3.05, 3.63) is 157 Å². The Hall–Kier alpha value is -4.94. The Morgan fingerprint density at radius 3 is 1.20 bits per heavy atom. The molecule has 0 aliphatic heterocycles. The largest absolute Gasteiger partial charge is 0.0616 e. The maximum Gasteiger partial charge on any atom is 0.0159 e. The summed E-state index contributed by atoms with van der Waals surface area (Å²) in [6.45, 7) is 4.74. The highest BCUT2D eigenvalue weighted by Gasteiger charge is 2.35. The van der Waals surface area contributed by atoms with Gasteiger partial charge in [0.2, 0.25) is 0 Å². The Balaban J connectivity index is 1.17. The van der Waals surface area contributed by atoms with Crippen LogP contribution in [0, 0.1) is 0 Å². The summed E-state index contributed by atoms with van der Waals surface area (Å²) in [5, 5.41) is 5.11. The molecule has 1 aliphatic carbocycles. The molecular formula is C41H30. The van der Waals surface area contributed by atoms with Crippen LogP contribution in [0.1, 0.15) is 25.0 Å². The maximum absolute atomic E-state index is 2.42. The Morgan fingerprint density at radius 1 is 0.317 bits per heavy atom. The number of hydrogen-bond acceptors (Lipinski definition) is 0. The SMILES string of the molecule is CC1(C)c2cc(-c3cccc(-c4ccc5ccccc5c4)c3)ccc2-c2ccc(-c3ccc4ccccc4c3)cc21. The minimum absolute atomic E-state index is 0.0799. The molecule has 0 amide bonds. The van der Waals surface area contributed by atoms with Gasteiger partial charge < -0.3 is 0 Å². The minimum Gasteiger partial charge on any atom is -0.0616 e. The van der Waals surface area contributed by atoms with E-state index in [9.17, 15) is 0 Å². The summed E-state index contributed by atoms with van der Waals surface area (Å²) in [7, 11) is 0. The van der Waals surface area contributed by atoms with Crippen molar-refractivity contribution in [2.45, 2.75) is 19.3 Å². The Labute approximate surface area is 241 Å². The third kappa shape index (κ3) is 3.90. The summed E-state index contributed by atoms with van der Waals surface area (Å²) < 4.78 is 0. The van der Waals surface area contributed by atoms with E-state index in [0.29, 0.717) is 0 Å². The van der Waals surface area contributed by atoms with Gasteiger partial charge in [-0.1, -0.05) is 129 Å². The molecule has 0 aromatic heterocycles. The molecule has 194 valence electrons. The smallest absolute Gasteiger partial charge is 0.0159 e. The first-order chi connectivity index (χ1) is 20.0. The molecule has 0 bridgehead atoms. The molecule has 7 aromatic carbocycles. The van der Waals surface area contributed by atoms with Gasteiger partial charge in [0, 0.05) is 5.41 Å². The summed E-state index contributed by atoms with van der Waals surface area (Å²) in [6, 6.07) is 53.7. The van der Waals surface area contributed by atoms with Crippen molar-refractivity contribution >= 4 is 21.5 Å². The van der Waals surface area contributed by atoms with E-state index >= 15 is 0 Å². The molecule has 0 atom stereocenters. The van der Waals surface area contributed by atoms with Crippen LogP contribution in [0.3, 0.4) is 0 Å². The topological polar surface area (TPSA) is 0 Å². The first-order valence-corrected chi connectivity index (χ1v) is 14.4. The van der Waals surface area contributed by atoms with E-state index in [1.165, 1.54) is 77.2 Å². The molecule has 0 N–H and O–H groups in total. The van der Waals surface area contributed by atoms with E-state index in [4.69, 9.17) is 0 Å². The van der Waals surface area contributed by atoms with E-state index in [0.717, 1.165) is 0 Å². The van der Waals surface area contributed by atoms with Crippen molar-refractivity contribution < 1.29 is 0 Å². The number of hydrogen-bond donors (Lipinski definition) is 0. The lowest BCUT2D eigenvalue weighted by Gasteiger charge is -2.23. The second-order valence-electron chi connectivity index (χ2n) is 11.9. The lowest BCUT2D eigenvalue weighted by molar-refractivity contribution is 0.661. The average Bonchev–Trinajstić information content (AvgIpc) is 3.26. The summed E-state index contributed by atoms with van der Waals surface area (Å²) >= 11 is 0. The van der Waals surface area contributed by atoms with Gasteiger partial charge >= 0.3 is 0 Å². The zero-order chi connectivity index (χ0) is 27.6. The van der Waals surface area contributed by atoms with Crippen LogP contribution >= 0.6 is 0 Å². The molecule has 7 aromatic rings. The van der Waals surface area contributed by atoms with Crippen molar-refractivity contribution in [1.29, 1.82) is 0 Å². The first kappa shape index (κ1) is 23.9. The molecule has 0 fully saturated rings. The van der Waals surface area contributed by atoms with Gasteiger partial charge in [0.25, 0.3) is 0 Å². The lowest BCUT2D eigenvalue weighted by Crippen LogP contribution is -2.15. The summed E-state index contributed by atoms with van der Waals surface area (Å²) in [6.07, 6.45) is 0. The maximum atomic E-state index is 2.42. The van der Waals surface area contributed by atoms with E-state index in [1.54, 1.807) is 0 Å². The van der Waals surface area contributed by atoms with Crippen molar-refractivity contribution in [2.75, 3.05) is 0 Å². The average molecular weight is 523 g/mol. The predicted octanol–water partition coefficient (Wildman–Crippen LogP) is 11.3. The van der Waals surface area contributed by atoms with E-state index in [2.05, 4.69) is 159 Å². The Morgan fingerprint density at radius 2 is 0.707 bits per heavy atom. The minimum atomic E-state index is -0.0799. The third-order valence-corrected chi connectivity index (χ3v) is 9.04. The Kier molecular flexibility index (Phi) is 5.27. The van der Waals surface area contributed by atoms with Crippen molar-refractivity contribution in [3.8, 4) is 44.5 Å². The number of benzene rings is 7. The van der Waals surface area contributed by atoms with Crippen LogP contribution in [0.25, 0.3) is 66.1 Å². The number of fused-ring (bicyclic) bond motifs is 5. The van der Waals surface area contributed by atoms with E-state index in [-0.39, 0.29) is 5.41 Å². The number of rotatable bonds is 3. The predicted molar refractivity (Wildman–Crippen MR) is 175 cm³/mol. The molecule has 0 radical (unpaired) electrons. The monoisotopic (exact) mass is 522 g/mol. The normalized spacial score (nSPS) is 13.3. The molecule has 8 rings (SSSR count). The van der Waals surface area contributed by atoms with Crippen LogP contribution < -0.4 is 0 Å². The molecule has 1 aliphatic rings. The van der Waals surface area contributed by atoms with Gasteiger partial charge in [-0.3, -0.25) is 0 Å². The fraction of sp³-hybridized carbons (Fsp3) is 0.0732. The summed E-state index contributed by atoms with van der Waals surface area (Å²) in [5.41, 5.74) is 13.0. The second-order valence-corrected chi connectivity index (χ2v) is 11.9. The molecule has 41 heavy (non-hydrogen) atoms. The quantitative estimate of drug-likeness (QED) is 0.216. The van der Waals surface area contributed by atoms with E-state index < -0.39 is 0 Å². The van der Waals surface area contributed by atoms with Gasteiger partial charge in [0.15, 0.2) is 0 Å². The van der Waals surface area contributed by atoms with Gasteiger partial charge in [-0.2, -0.15) is 0 Å². The molecule has 0 spiro atoms. The van der Waals surface area contributed by atoms with Crippen LogP contribution in [0.15, 0.2) is 146 Å². The zero-order valence-electron chi connectivity index (χ0n) is 23.4. The van der Waals surface area contributed by atoms with Crippen LogP contribution in [0.5, 0.6) is 0 Å². The third-order valence-electron chi connectivity index (χ3n) is 9.04. The molecular weight excluding hydrogens is 492 g/mol. The summed E-state index contributed by atoms with van der Waals surface area (Å²) in [5.74, 6) is 0. The Bertz CT molecular complexity index is 2130. The second kappa shape index (κ2) is 9.04. The van der Waals surface area contributed by atoms with Gasteiger partial charge in [0.05, 0.1) is 0 Å². The van der Waals surface area contributed by atoms with Gasteiger partial charge in [-0.15, -0.1) is 0 Å². The highest BCUT2D eigenvalue weighted by Crippen LogP contribution is 2.50. The molecule has 0 saturated heterocycles.